The van der Waals surface area contributed by atoms with Gasteiger partial charge in [0.05, 0.1) is 6.42 Å². The molecule has 0 aliphatic rings. The quantitative estimate of drug-likeness (QED) is 0.677. The summed E-state index contributed by atoms with van der Waals surface area (Å²) in [6, 6.07) is 8.20. The summed E-state index contributed by atoms with van der Waals surface area (Å²) in [5.74, 6) is -4.96. The number of hydrogen-bond donors (Lipinski definition) is 3. The van der Waals surface area contributed by atoms with Crippen molar-refractivity contribution in [1.82, 2.24) is 5.32 Å². The van der Waals surface area contributed by atoms with Crippen LogP contribution in [0.1, 0.15) is 29.8 Å². The molecule has 28 heavy (non-hydrogen) atoms. The second-order valence-electron chi connectivity index (χ2n) is 6.55. The minimum absolute atomic E-state index is 0.146. The Morgan fingerprint density at radius 2 is 1.57 bits per heavy atom. The molecule has 0 saturated heterocycles. The Hall–Kier alpha value is -3.29. The first kappa shape index (κ1) is 21.0. The molecule has 0 aliphatic heterocycles. The fourth-order valence-electron chi connectivity index (χ4n) is 2.56. The molecule has 1 atom stereocenters. The number of carbonyl (C=O) groups excluding carboxylic acids is 2. The number of benzene rings is 2. The van der Waals surface area contributed by atoms with Gasteiger partial charge >= 0.3 is 5.97 Å². The number of rotatable bonds is 7. The lowest BCUT2D eigenvalue weighted by molar-refractivity contribution is -0.136. The van der Waals surface area contributed by atoms with Gasteiger partial charge in [0, 0.05) is 5.69 Å². The molecule has 0 saturated carbocycles. The molecule has 0 aliphatic carbocycles. The summed E-state index contributed by atoms with van der Waals surface area (Å²) >= 11 is 0. The van der Waals surface area contributed by atoms with Crippen LogP contribution in [0.4, 0.5) is 14.5 Å². The van der Waals surface area contributed by atoms with Crippen molar-refractivity contribution >= 4 is 23.5 Å². The van der Waals surface area contributed by atoms with E-state index in [1.807, 2.05) is 0 Å². The maximum absolute atomic E-state index is 13.8. The van der Waals surface area contributed by atoms with Crippen LogP contribution in [0.5, 0.6) is 0 Å². The number of carboxylic acid groups (broad SMARTS) is 1. The van der Waals surface area contributed by atoms with Gasteiger partial charge in [-0.05, 0) is 35.7 Å². The number of halogens is 2. The van der Waals surface area contributed by atoms with Gasteiger partial charge < -0.3 is 15.7 Å². The molecule has 0 radical (unpaired) electrons. The number of nitrogens with one attached hydrogen (secondary N) is 2. The summed E-state index contributed by atoms with van der Waals surface area (Å²) in [6.07, 6.45) is -0.146. The molecule has 0 aromatic heterocycles. The van der Waals surface area contributed by atoms with Crippen LogP contribution in [0, 0.1) is 17.6 Å². The number of carbonyl (C=O) groups is 3. The van der Waals surface area contributed by atoms with Crippen molar-refractivity contribution in [1.29, 1.82) is 0 Å². The largest absolute Gasteiger partial charge is 0.481 e. The lowest BCUT2D eigenvalue weighted by Crippen LogP contribution is -2.47. The van der Waals surface area contributed by atoms with Crippen LogP contribution >= 0.6 is 0 Å². The molecule has 3 N–H and O–H groups in total. The van der Waals surface area contributed by atoms with E-state index in [1.54, 1.807) is 26.0 Å². The zero-order chi connectivity index (χ0) is 20.8. The van der Waals surface area contributed by atoms with Crippen molar-refractivity contribution in [2.45, 2.75) is 26.3 Å². The zero-order valence-corrected chi connectivity index (χ0v) is 15.3. The van der Waals surface area contributed by atoms with E-state index in [0.29, 0.717) is 11.3 Å². The smallest absolute Gasteiger partial charge is 0.307 e. The molecule has 0 spiro atoms. The van der Waals surface area contributed by atoms with E-state index < -0.39 is 41.0 Å². The van der Waals surface area contributed by atoms with Crippen molar-refractivity contribution < 1.29 is 28.3 Å². The molecular formula is C20H20F2N2O4. The summed E-state index contributed by atoms with van der Waals surface area (Å²) in [4.78, 5) is 35.5. The highest BCUT2D eigenvalue weighted by atomic mass is 19.1. The van der Waals surface area contributed by atoms with Crippen molar-refractivity contribution in [3.63, 3.8) is 0 Å². The maximum atomic E-state index is 13.8. The van der Waals surface area contributed by atoms with Gasteiger partial charge in [0.15, 0.2) is 0 Å². The van der Waals surface area contributed by atoms with Gasteiger partial charge in [0.1, 0.15) is 23.2 Å². The van der Waals surface area contributed by atoms with E-state index in [-0.39, 0.29) is 12.3 Å². The van der Waals surface area contributed by atoms with E-state index in [1.165, 1.54) is 12.1 Å². The number of anilines is 1. The first-order valence-corrected chi connectivity index (χ1v) is 8.55. The van der Waals surface area contributed by atoms with Gasteiger partial charge in [0.25, 0.3) is 5.91 Å². The summed E-state index contributed by atoms with van der Waals surface area (Å²) in [6.45, 7) is 3.36. The molecule has 2 aromatic rings. The van der Waals surface area contributed by atoms with Crippen LogP contribution in [0.25, 0.3) is 0 Å². The van der Waals surface area contributed by atoms with Crippen molar-refractivity contribution in [3.8, 4) is 0 Å². The first-order valence-electron chi connectivity index (χ1n) is 8.55. The molecule has 2 aromatic carbocycles. The van der Waals surface area contributed by atoms with Crippen LogP contribution in [0.3, 0.4) is 0 Å². The second-order valence-corrected chi connectivity index (χ2v) is 6.55. The van der Waals surface area contributed by atoms with Gasteiger partial charge in [-0.15, -0.1) is 0 Å². The average Bonchev–Trinajstić information content (AvgIpc) is 2.60. The standard InChI is InChI=1S/C20H20F2N2O4/c1-11(2)18(24-19(27)17-14(21)4-3-5-15(17)22)20(28)23-13-8-6-12(7-9-13)10-16(25)26/h3-9,11,18H,10H2,1-2H3,(H,23,28)(H,24,27)(H,25,26). The third-order valence-electron chi connectivity index (χ3n) is 4.00. The Bertz CT molecular complexity index is 862. The lowest BCUT2D eigenvalue weighted by atomic mass is 10.0. The van der Waals surface area contributed by atoms with E-state index >= 15 is 0 Å². The maximum Gasteiger partial charge on any atom is 0.307 e. The minimum Gasteiger partial charge on any atom is -0.481 e. The van der Waals surface area contributed by atoms with Gasteiger partial charge in [0.2, 0.25) is 5.91 Å². The fourth-order valence-corrected chi connectivity index (χ4v) is 2.56. The molecule has 148 valence electrons. The SMILES string of the molecule is CC(C)C(NC(=O)c1c(F)cccc1F)C(=O)Nc1ccc(CC(=O)O)cc1. The average molecular weight is 390 g/mol. The Balaban J connectivity index is 2.11. The number of aliphatic carboxylic acids is 1. The van der Waals surface area contributed by atoms with Crippen LogP contribution in [-0.4, -0.2) is 28.9 Å². The molecular weight excluding hydrogens is 370 g/mol. The van der Waals surface area contributed by atoms with Gasteiger partial charge in [-0.1, -0.05) is 32.0 Å². The van der Waals surface area contributed by atoms with Gasteiger partial charge in [-0.25, -0.2) is 8.78 Å². The first-order chi connectivity index (χ1) is 13.2. The van der Waals surface area contributed by atoms with Gasteiger partial charge in [-0.3, -0.25) is 14.4 Å². The van der Waals surface area contributed by atoms with Crippen LogP contribution in [0.15, 0.2) is 42.5 Å². The summed E-state index contributed by atoms with van der Waals surface area (Å²) in [5.41, 5.74) is 0.212. The number of amides is 2. The van der Waals surface area contributed by atoms with Crippen LogP contribution in [0.2, 0.25) is 0 Å². The highest BCUT2D eigenvalue weighted by Crippen LogP contribution is 2.15. The summed E-state index contributed by atoms with van der Waals surface area (Å²) in [7, 11) is 0. The minimum atomic E-state index is -1.04. The van der Waals surface area contributed by atoms with E-state index in [4.69, 9.17) is 5.11 Å². The summed E-state index contributed by atoms with van der Waals surface area (Å²) in [5, 5.41) is 13.7. The Morgan fingerprint density at radius 1 is 1.00 bits per heavy atom. The summed E-state index contributed by atoms with van der Waals surface area (Å²) < 4.78 is 27.6. The fraction of sp³-hybridized carbons (Fsp3) is 0.250. The molecule has 1 unspecified atom stereocenters. The molecule has 0 heterocycles. The predicted molar refractivity (Wildman–Crippen MR) is 98.9 cm³/mol. The molecule has 6 nitrogen and oxygen atoms in total. The predicted octanol–water partition coefficient (Wildman–Crippen LogP) is 2.99. The number of carboxylic acids is 1. The molecule has 2 amide bonds. The molecule has 2 rings (SSSR count). The third-order valence-corrected chi connectivity index (χ3v) is 4.00. The topological polar surface area (TPSA) is 95.5 Å². The van der Waals surface area contributed by atoms with Crippen molar-refractivity contribution in [3.05, 3.63) is 65.2 Å². The zero-order valence-electron chi connectivity index (χ0n) is 15.3. The van der Waals surface area contributed by atoms with E-state index in [2.05, 4.69) is 10.6 Å². The van der Waals surface area contributed by atoms with E-state index in [0.717, 1.165) is 18.2 Å². The highest BCUT2D eigenvalue weighted by molar-refractivity contribution is 6.01. The monoisotopic (exact) mass is 390 g/mol. The molecule has 8 heteroatoms. The van der Waals surface area contributed by atoms with E-state index in [9.17, 15) is 23.2 Å². The normalized spacial score (nSPS) is 11.8. The Morgan fingerprint density at radius 3 is 2.07 bits per heavy atom. The van der Waals surface area contributed by atoms with Crippen LogP contribution < -0.4 is 10.6 Å². The Kier molecular flexibility index (Phi) is 6.81. The van der Waals surface area contributed by atoms with Crippen LogP contribution in [-0.2, 0) is 16.0 Å². The second kappa shape index (κ2) is 9.07. The third kappa shape index (κ3) is 5.35. The lowest BCUT2D eigenvalue weighted by Gasteiger charge is -2.22. The molecule has 0 bridgehead atoms. The van der Waals surface area contributed by atoms with Gasteiger partial charge in [-0.2, -0.15) is 0 Å². The highest BCUT2D eigenvalue weighted by Gasteiger charge is 2.27. The van der Waals surface area contributed by atoms with Crippen molar-refractivity contribution in [2.75, 3.05) is 5.32 Å². The van der Waals surface area contributed by atoms with Crippen molar-refractivity contribution in [2.24, 2.45) is 5.92 Å². The number of hydrogen-bond acceptors (Lipinski definition) is 3. The Labute approximate surface area is 160 Å². The molecule has 0 fully saturated rings.